The van der Waals surface area contributed by atoms with Gasteiger partial charge in [-0.2, -0.15) is 4.31 Å². The molecule has 0 aliphatic rings. The molecule has 10 heteroatoms. The second-order valence-corrected chi connectivity index (χ2v) is 8.40. The van der Waals surface area contributed by atoms with Crippen LogP contribution in [0.5, 0.6) is 0 Å². The Hall–Kier alpha value is -3.11. The quantitative estimate of drug-likeness (QED) is 0.569. The minimum absolute atomic E-state index is 0.0496. The highest BCUT2D eigenvalue weighted by molar-refractivity contribution is 7.89. The van der Waals surface area contributed by atoms with Crippen LogP contribution in [0.15, 0.2) is 64.1 Å². The first kappa shape index (κ1) is 21.6. The third kappa shape index (κ3) is 4.89. The molecule has 1 aromatic heterocycles. The van der Waals surface area contributed by atoms with Crippen molar-refractivity contribution in [3.8, 4) is 0 Å². The van der Waals surface area contributed by atoms with E-state index in [0.29, 0.717) is 6.07 Å². The molecule has 0 saturated carbocycles. The monoisotopic (exact) mass is 438 g/mol. The van der Waals surface area contributed by atoms with Crippen LogP contribution in [0, 0.1) is 24.4 Å². The standard InChI is InChI=1S/C20H17F3N2O4S/c1-13-4-6-15(7-5-13)30(27,28)25(11-14-3-2-8-29-14)12-20(26)24-19-10-17(22)16(21)9-18(19)23/h2-10H,11-12H2,1H3,(H,24,26). The van der Waals surface area contributed by atoms with E-state index in [9.17, 15) is 26.4 Å². The lowest BCUT2D eigenvalue weighted by Gasteiger charge is -2.21. The normalized spacial score (nSPS) is 11.6. The Morgan fingerprint density at radius 3 is 2.33 bits per heavy atom. The summed E-state index contributed by atoms with van der Waals surface area (Å²) in [4.78, 5) is 12.4. The van der Waals surface area contributed by atoms with Crippen molar-refractivity contribution in [1.82, 2.24) is 4.31 Å². The number of carbonyl (C=O) groups excluding carboxylic acids is 1. The smallest absolute Gasteiger partial charge is 0.243 e. The van der Waals surface area contributed by atoms with Gasteiger partial charge in [0.2, 0.25) is 15.9 Å². The number of furan rings is 1. The van der Waals surface area contributed by atoms with Crippen LogP contribution in [0.2, 0.25) is 0 Å². The number of amides is 1. The second kappa shape index (κ2) is 8.72. The van der Waals surface area contributed by atoms with Crippen molar-refractivity contribution in [2.24, 2.45) is 0 Å². The number of benzene rings is 2. The molecule has 1 amide bonds. The van der Waals surface area contributed by atoms with Crippen molar-refractivity contribution < 1.29 is 30.8 Å². The molecule has 0 aliphatic carbocycles. The van der Waals surface area contributed by atoms with Crippen LogP contribution in [0.25, 0.3) is 0 Å². The number of nitrogens with zero attached hydrogens (tertiary/aromatic N) is 1. The second-order valence-electron chi connectivity index (χ2n) is 6.46. The highest BCUT2D eigenvalue weighted by Gasteiger charge is 2.28. The summed E-state index contributed by atoms with van der Waals surface area (Å²) in [7, 11) is -4.12. The lowest BCUT2D eigenvalue weighted by Crippen LogP contribution is -2.37. The van der Waals surface area contributed by atoms with Gasteiger partial charge in [-0.3, -0.25) is 4.79 Å². The summed E-state index contributed by atoms with van der Waals surface area (Å²) in [5.41, 5.74) is 0.239. The molecule has 2 aromatic carbocycles. The molecular formula is C20H17F3N2O4S. The van der Waals surface area contributed by atoms with Gasteiger partial charge in [0.1, 0.15) is 11.6 Å². The van der Waals surface area contributed by atoms with Gasteiger partial charge in [0.25, 0.3) is 0 Å². The van der Waals surface area contributed by atoms with Crippen LogP contribution < -0.4 is 5.32 Å². The molecule has 3 rings (SSSR count). The summed E-state index contributed by atoms with van der Waals surface area (Å²) in [5, 5.41) is 2.06. The molecule has 0 radical (unpaired) electrons. The summed E-state index contributed by atoms with van der Waals surface area (Å²) in [5.74, 6) is -4.63. The van der Waals surface area contributed by atoms with E-state index >= 15 is 0 Å². The molecule has 0 atom stereocenters. The average molecular weight is 438 g/mol. The Kier molecular flexibility index (Phi) is 6.28. The minimum atomic E-state index is -4.12. The molecular weight excluding hydrogens is 421 g/mol. The first-order valence-corrected chi connectivity index (χ1v) is 10.1. The molecule has 158 valence electrons. The van der Waals surface area contributed by atoms with Gasteiger partial charge in [-0.25, -0.2) is 21.6 Å². The highest BCUT2D eigenvalue weighted by atomic mass is 32.2. The topological polar surface area (TPSA) is 79.6 Å². The summed E-state index contributed by atoms with van der Waals surface area (Å²) >= 11 is 0. The van der Waals surface area contributed by atoms with Gasteiger partial charge in [-0.1, -0.05) is 17.7 Å². The predicted molar refractivity (Wildman–Crippen MR) is 102 cm³/mol. The van der Waals surface area contributed by atoms with Crippen LogP contribution in [-0.2, 0) is 21.4 Å². The van der Waals surface area contributed by atoms with E-state index in [2.05, 4.69) is 5.32 Å². The number of hydrogen-bond donors (Lipinski definition) is 1. The Bertz CT molecular complexity index is 1150. The van der Waals surface area contributed by atoms with E-state index in [0.717, 1.165) is 9.87 Å². The van der Waals surface area contributed by atoms with Crippen LogP contribution >= 0.6 is 0 Å². The maximum atomic E-state index is 13.8. The lowest BCUT2D eigenvalue weighted by atomic mass is 10.2. The van der Waals surface area contributed by atoms with Crippen molar-refractivity contribution in [2.45, 2.75) is 18.4 Å². The fourth-order valence-electron chi connectivity index (χ4n) is 2.63. The molecule has 6 nitrogen and oxygen atoms in total. The van der Waals surface area contributed by atoms with Crippen LogP contribution in [0.1, 0.15) is 11.3 Å². The first-order chi connectivity index (χ1) is 14.2. The third-order valence-electron chi connectivity index (χ3n) is 4.18. The Labute approximate surface area is 171 Å². The number of sulfonamides is 1. The van der Waals surface area contributed by atoms with Crippen LogP contribution in [0.3, 0.4) is 0 Å². The van der Waals surface area contributed by atoms with Gasteiger partial charge >= 0.3 is 0 Å². The van der Waals surface area contributed by atoms with E-state index in [1.165, 1.54) is 24.5 Å². The van der Waals surface area contributed by atoms with E-state index in [4.69, 9.17) is 4.42 Å². The van der Waals surface area contributed by atoms with Gasteiger partial charge < -0.3 is 9.73 Å². The number of nitrogens with one attached hydrogen (secondary N) is 1. The minimum Gasteiger partial charge on any atom is -0.468 e. The van der Waals surface area contributed by atoms with E-state index in [1.807, 2.05) is 0 Å². The van der Waals surface area contributed by atoms with E-state index < -0.39 is 45.6 Å². The number of aryl methyl sites for hydroxylation is 1. The molecule has 0 saturated heterocycles. The summed E-state index contributed by atoms with van der Waals surface area (Å²) in [6.45, 7) is 0.813. The third-order valence-corrected chi connectivity index (χ3v) is 5.98. The highest BCUT2D eigenvalue weighted by Crippen LogP contribution is 2.21. The zero-order valence-corrected chi connectivity index (χ0v) is 16.5. The predicted octanol–water partition coefficient (Wildman–Crippen LogP) is 3.83. The van der Waals surface area contributed by atoms with Crippen molar-refractivity contribution in [3.63, 3.8) is 0 Å². The maximum absolute atomic E-state index is 13.8. The van der Waals surface area contributed by atoms with Gasteiger partial charge in [0.15, 0.2) is 11.6 Å². The Morgan fingerprint density at radius 1 is 1.03 bits per heavy atom. The fourth-order valence-corrected chi connectivity index (χ4v) is 3.99. The maximum Gasteiger partial charge on any atom is 0.243 e. The largest absolute Gasteiger partial charge is 0.468 e. The molecule has 0 aliphatic heterocycles. The molecule has 30 heavy (non-hydrogen) atoms. The molecule has 1 heterocycles. The molecule has 1 N–H and O–H groups in total. The Morgan fingerprint density at radius 2 is 1.70 bits per heavy atom. The number of anilines is 1. The zero-order valence-electron chi connectivity index (χ0n) is 15.7. The van der Waals surface area contributed by atoms with Gasteiger partial charge in [0, 0.05) is 12.1 Å². The molecule has 3 aromatic rings. The molecule has 0 unspecified atom stereocenters. The number of rotatable bonds is 7. The van der Waals surface area contributed by atoms with Crippen molar-refractivity contribution in [3.05, 3.63) is 83.6 Å². The van der Waals surface area contributed by atoms with Gasteiger partial charge in [0.05, 0.1) is 29.9 Å². The molecule has 0 bridgehead atoms. The van der Waals surface area contributed by atoms with Crippen molar-refractivity contribution in [2.75, 3.05) is 11.9 Å². The number of carbonyl (C=O) groups is 1. The molecule has 0 fully saturated rings. The SMILES string of the molecule is Cc1ccc(S(=O)(=O)N(CC(=O)Nc2cc(F)c(F)cc2F)Cc2ccco2)cc1. The van der Waals surface area contributed by atoms with Crippen molar-refractivity contribution in [1.29, 1.82) is 0 Å². The summed E-state index contributed by atoms with van der Waals surface area (Å²) < 4.78 is 72.3. The lowest BCUT2D eigenvalue weighted by molar-refractivity contribution is -0.116. The first-order valence-electron chi connectivity index (χ1n) is 8.70. The average Bonchev–Trinajstić information content (AvgIpc) is 3.19. The summed E-state index contributed by atoms with van der Waals surface area (Å²) in [6.07, 6.45) is 1.35. The van der Waals surface area contributed by atoms with Crippen LogP contribution in [-0.4, -0.2) is 25.2 Å². The van der Waals surface area contributed by atoms with Gasteiger partial charge in [-0.15, -0.1) is 0 Å². The van der Waals surface area contributed by atoms with E-state index in [1.54, 1.807) is 25.1 Å². The van der Waals surface area contributed by atoms with Gasteiger partial charge in [-0.05, 0) is 31.2 Å². The number of halogens is 3. The number of hydrogen-bond acceptors (Lipinski definition) is 4. The Balaban J connectivity index is 1.86. The fraction of sp³-hybridized carbons (Fsp3) is 0.150. The van der Waals surface area contributed by atoms with Crippen molar-refractivity contribution >= 4 is 21.6 Å². The summed E-state index contributed by atoms with van der Waals surface area (Å²) in [6, 6.07) is 9.86. The van der Waals surface area contributed by atoms with Crippen LogP contribution in [0.4, 0.5) is 18.9 Å². The molecule has 0 spiro atoms. The zero-order chi connectivity index (χ0) is 21.9. The van der Waals surface area contributed by atoms with E-state index in [-0.39, 0.29) is 23.3 Å².